The van der Waals surface area contributed by atoms with Gasteiger partial charge >= 0.3 is 0 Å². The molecular weight excluding hydrogens is 356 g/mol. The first-order valence-corrected chi connectivity index (χ1v) is 7.21. The summed E-state index contributed by atoms with van der Waals surface area (Å²) in [5.74, 6) is -0.240. The molecule has 0 aliphatic heterocycles. The molecule has 2 aromatic carbocycles. The van der Waals surface area contributed by atoms with Crippen LogP contribution in [0.1, 0.15) is 15.9 Å². The Morgan fingerprint density at radius 2 is 1.90 bits per heavy atom. The molecule has 0 fully saturated rings. The number of carbonyl (C=O) groups is 1. The molecule has 21 heavy (non-hydrogen) atoms. The predicted octanol–water partition coefficient (Wildman–Crippen LogP) is 3.58. The first-order chi connectivity index (χ1) is 9.97. The van der Waals surface area contributed by atoms with Crippen LogP contribution in [0.4, 0.5) is 5.69 Å². The van der Waals surface area contributed by atoms with E-state index < -0.39 is 4.92 Å². The van der Waals surface area contributed by atoms with Gasteiger partial charge in [0.25, 0.3) is 11.6 Å². The SMILES string of the molecule is O=C(NCc1ccc([N+](=O)[O-])cc1)c1cc(S)ccc1Br. The highest BCUT2D eigenvalue weighted by Gasteiger charge is 2.10. The molecule has 0 atom stereocenters. The molecule has 1 N–H and O–H groups in total. The summed E-state index contributed by atoms with van der Waals surface area (Å²) in [5.41, 5.74) is 1.30. The van der Waals surface area contributed by atoms with Gasteiger partial charge in [0.15, 0.2) is 0 Å². The Morgan fingerprint density at radius 3 is 2.52 bits per heavy atom. The summed E-state index contributed by atoms with van der Waals surface area (Å²) in [6.45, 7) is 0.292. The lowest BCUT2D eigenvalue weighted by molar-refractivity contribution is -0.384. The molecule has 2 aromatic rings. The van der Waals surface area contributed by atoms with Crippen molar-refractivity contribution in [3.05, 3.63) is 68.2 Å². The maximum atomic E-state index is 12.1. The number of thiol groups is 1. The van der Waals surface area contributed by atoms with Crippen molar-refractivity contribution in [3.63, 3.8) is 0 Å². The number of halogens is 1. The first-order valence-electron chi connectivity index (χ1n) is 5.97. The Bertz CT molecular complexity index is 689. The molecule has 2 rings (SSSR count). The topological polar surface area (TPSA) is 72.2 Å². The number of nitro benzene ring substituents is 1. The summed E-state index contributed by atoms with van der Waals surface area (Å²) >= 11 is 7.51. The van der Waals surface area contributed by atoms with Crippen molar-refractivity contribution in [1.82, 2.24) is 5.32 Å². The molecule has 7 heteroatoms. The average molecular weight is 367 g/mol. The monoisotopic (exact) mass is 366 g/mol. The minimum atomic E-state index is -0.461. The minimum Gasteiger partial charge on any atom is -0.348 e. The molecule has 0 heterocycles. The number of rotatable bonds is 4. The molecule has 0 radical (unpaired) electrons. The number of nitrogens with zero attached hydrogens (tertiary/aromatic N) is 1. The van der Waals surface area contributed by atoms with Gasteiger partial charge in [-0.1, -0.05) is 12.1 Å². The maximum absolute atomic E-state index is 12.1. The summed E-state index contributed by atoms with van der Waals surface area (Å²) in [4.78, 5) is 22.9. The highest BCUT2D eigenvalue weighted by molar-refractivity contribution is 9.10. The van der Waals surface area contributed by atoms with Crippen LogP contribution in [0.5, 0.6) is 0 Å². The third-order valence-electron chi connectivity index (χ3n) is 2.79. The number of nitrogens with one attached hydrogen (secondary N) is 1. The Labute approximate surface area is 135 Å². The van der Waals surface area contributed by atoms with E-state index in [0.29, 0.717) is 21.5 Å². The molecule has 0 aromatic heterocycles. The maximum Gasteiger partial charge on any atom is 0.269 e. The van der Waals surface area contributed by atoms with Crippen molar-refractivity contribution in [2.75, 3.05) is 0 Å². The van der Waals surface area contributed by atoms with Gasteiger partial charge in [-0.05, 0) is 39.7 Å². The van der Waals surface area contributed by atoms with Gasteiger partial charge in [0.05, 0.1) is 10.5 Å². The van der Waals surface area contributed by atoms with Gasteiger partial charge in [-0.3, -0.25) is 14.9 Å². The van der Waals surface area contributed by atoms with E-state index in [-0.39, 0.29) is 11.6 Å². The van der Waals surface area contributed by atoms with Gasteiger partial charge < -0.3 is 5.32 Å². The van der Waals surface area contributed by atoms with Crippen molar-refractivity contribution in [2.45, 2.75) is 11.4 Å². The second-order valence-corrected chi connectivity index (χ2v) is 5.64. The number of carbonyl (C=O) groups excluding carboxylic acids is 1. The molecular formula is C14H11BrN2O3S. The van der Waals surface area contributed by atoms with Crippen LogP contribution in [0.2, 0.25) is 0 Å². The van der Waals surface area contributed by atoms with E-state index >= 15 is 0 Å². The van der Waals surface area contributed by atoms with Crippen LogP contribution >= 0.6 is 28.6 Å². The molecule has 1 amide bonds. The van der Waals surface area contributed by atoms with Crippen LogP contribution in [0.15, 0.2) is 51.8 Å². The minimum absolute atomic E-state index is 0.0237. The standard InChI is InChI=1S/C14H11BrN2O3S/c15-13-6-5-11(21)7-12(13)14(18)16-8-9-1-3-10(4-2-9)17(19)20/h1-7,21H,8H2,(H,16,18). The normalized spacial score (nSPS) is 10.2. The number of nitro groups is 1. The van der Waals surface area contributed by atoms with Gasteiger partial charge in [0.1, 0.15) is 0 Å². The second kappa shape index (κ2) is 6.73. The van der Waals surface area contributed by atoms with Crippen LogP contribution in [0, 0.1) is 10.1 Å². The number of non-ortho nitro benzene ring substituents is 1. The van der Waals surface area contributed by atoms with E-state index in [0.717, 1.165) is 5.56 Å². The highest BCUT2D eigenvalue weighted by atomic mass is 79.9. The lowest BCUT2D eigenvalue weighted by Gasteiger charge is -2.07. The Hall–Kier alpha value is -1.86. The van der Waals surface area contributed by atoms with E-state index in [4.69, 9.17) is 0 Å². The number of amides is 1. The Balaban J connectivity index is 2.04. The van der Waals surface area contributed by atoms with E-state index in [1.165, 1.54) is 12.1 Å². The lowest BCUT2D eigenvalue weighted by atomic mass is 10.2. The Morgan fingerprint density at radius 1 is 1.24 bits per heavy atom. The van der Waals surface area contributed by atoms with Gasteiger partial charge in [0, 0.05) is 28.0 Å². The van der Waals surface area contributed by atoms with Crippen molar-refractivity contribution in [3.8, 4) is 0 Å². The molecule has 0 aliphatic rings. The second-order valence-electron chi connectivity index (χ2n) is 4.27. The zero-order valence-electron chi connectivity index (χ0n) is 10.7. The van der Waals surface area contributed by atoms with Gasteiger partial charge in [-0.25, -0.2) is 0 Å². The van der Waals surface area contributed by atoms with Crippen LogP contribution in [-0.4, -0.2) is 10.8 Å². The van der Waals surface area contributed by atoms with Crippen LogP contribution < -0.4 is 5.32 Å². The van der Waals surface area contributed by atoms with Crippen LogP contribution in [-0.2, 0) is 6.54 Å². The van der Waals surface area contributed by atoms with E-state index in [2.05, 4.69) is 33.9 Å². The van der Waals surface area contributed by atoms with Crippen LogP contribution in [0.3, 0.4) is 0 Å². The summed E-state index contributed by atoms with van der Waals surface area (Å²) in [5, 5.41) is 13.3. The first kappa shape index (κ1) is 15.5. The highest BCUT2D eigenvalue weighted by Crippen LogP contribution is 2.20. The zero-order valence-corrected chi connectivity index (χ0v) is 13.2. The molecule has 0 unspecified atom stereocenters. The Kier molecular flexibility index (Phi) is 4.98. The summed E-state index contributed by atoms with van der Waals surface area (Å²) < 4.78 is 0.682. The van der Waals surface area contributed by atoms with E-state index in [9.17, 15) is 14.9 Å². The van der Waals surface area contributed by atoms with Crippen LogP contribution in [0.25, 0.3) is 0 Å². The van der Waals surface area contributed by atoms with Gasteiger partial charge in [0.2, 0.25) is 0 Å². The molecule has 5 nitrogen and oxygen atoms in total. The molecule has 0 saturated carbocycles. The summed E-state index contributed by atoms with van der Waals surface area (Å²) in [7, 11) is 0. The molecule has 0 bridgehead atoms. The molecule has 0 spiro atoms. The van der Waals surface area contributed by atoms with Gasteiger partial charge in [-0.15, -0.1) is 12.6 Å². The molecule has 0 aliphatic carbocycles. The van der Waals surface area contributed by atoms with Crippen molar-refractivity contribution >= 4 is 40.2 Å². The quantitative estimate of drug-likeness (QED) is 0.493. The lowest BCUT2D eigenvalue weighted by Crippen LogP contribution is -2.23. The fraction of sp³-hybridized carbons (Fsp3) is 0.0714. The summed E-state index contributed by atoms with van der Waals surface area (Å²) in [6.07, 6.45) is 0. The largest absolute Gasteiger partial charge is 0.348 e. The molecule has 108 valence electrons. The van der Waals surface area contributed by atoms with E-state index in [1.807, 2.05) is 0 Å². The van der Waals surface area contributed by atoms with Crippen molar-refractivity contribution in [2.24, 2.45) is 0 Å². The third-order valence-corrected chi connectivity index (χ3v) is 3.76. The predicted molar refractivity (Wildman–Crippen MR) is 85.7 cm³/mol. The van der Waals surface area contributed by atoms with Crippen molar-refractivity contribution in [1.29, 1.82) is 0 Å². The third kappa shape index (κ3) is 4.05. The van der Waals surface area contributed by atoms with Gasteiger partial charge in [-0.2, -0.15) is 0 Å². The number of benzene rings is 2. The van der Waals surface area contributed by atoms with E-state index in [1.54, 1.807) is 30.3 Å². The number of hydrogen-bond donors (Lipinski definition) is 2. The number of hydrogen-bond acceptors (Lipinski definition) is 4. The zero-order chi connectivity index (χ0) is 15.4. The molecule has 0 saturated heterocycles. The van der Waals surface area contributed by atoms with Crippen molar-refractivity contribution < 1.29 is 9.72 Å². The average Bonchev–Trinajstić information content (AvgIpc) is 2.47. The fourth-order valence-corrected chi connectivity index (χ4v) is 2.33. The summed E-state index contributed by atoms with van der Waals surface area (Å²) in [6, 6.07) is 11.2. The fourth-order valence-electron chi connectivity index (χ4n) is 1.70. The smallest absolute Gasteiger partial charge is 0.269 e.